The Morgan fingerprint density at radius 3 is 2.80 bits per heavy atom. The summed E-state index contributed by atoms with van der Waals surface area (Å²) < 4.78 is 2.19. The Hall–Kier alpha value is -1.58. The molecule has 2 unspecified atom stereocenters. The molecular weight excluding hydrogens is 248 g/mol. The van der Waals surface area contributed by atoms with Crippen molar-refractivity contribution in [2.45, 2.75) is 52.5 Å². The summed E-state index contributed by atoms with van der Waals surface area (Å²) in [5, 5.41) is 0. The number of nitrogen functional groups attached to an aromatic ring is 1. The third-order valence-electron chi connectivity index (χ3n) is 4.66. The van der Waals surface area contributed by atoms with E-state index in [1.165, 1.54) is 25.7 Å². The van der Waals surface area contributed by atoms with Gasteiger partial charge in [0.2, 0.25) is 5.95 Å². The Morgan fingerprint density at radius 2 is 2.05 bits per heavy atom. The molecule has 2 atom stereocenters. The van der Waals surface area contributed by atoms with Crippen LogP contribution in [0.25, 0.3) is 11.2 Å². The third-order valence-corrected chi connectivity index (χ3v) is 4.66. The monoisotopic (exact) mass is 272 g/mol. The predicted molar refractivity (Wildman–Crippen MR) is 82.5 cm³/mol. The molecule has 0 amide bonds. The van der Waals surface area contributed by atoms with Gasteiger partial charge in [-0.25, -0.2) is 9.97 Å². The van der Waals surface area contributed by atoms with Gasteiger partial charge < -0.3 is 5.73 Å². The smallest absolute Gasteiger partial charge is 0.202 e. The lowest BCUT2D eigenvalue weighted by Gasteiger charge is -2.35. The van der Waals surface area contributed by atoms with Crippen molar-refractivity contribution in [1.29, 1.82) is 0 Å². The van der Waals surface area contributed by atoms with Crippen LogP contribution in [0.15, 0.2) is 12.3 Å². The lowest BCUT2D eigenvalue weighted by Crippen LogP contribution is -2.28. The van der Waals surface area contributed by atoms with Gasteiger partial charge in [-0.1, -0.05) is 26.7 Å². The molecule has 2 N–H and O–H groups in total. The van der Waals surface area contributed by atoms with E-state index in [1.54, 1.807) is 0 Å². The molecule has 20 heavy (non-hydrogen) atoms. The number of nitrogens with zero attached hydrogens (tertiary/aromatic N) is 3. The molecule has 0 spiro atoms. The van der Waals surface area contributed by atoms with Gasteiger partial charge in [0.15, 0.2) is 5.65 Å². The van der Waals surface area contributed by atoms with Crippen molar-refractivity contribution in [2.75, 3.05) is 5.73 Å². The molecule has 1 fully saturated rings. The number of imidazole rings is 1. The number of nitrogens with two attached hydrogens (primary N) is 1. The van der Waals surface area contributed by atoms with Gasteiger partial charge in [-0.3, -0.25) is 4.57 Å². The van der Waals surface area contributed by atoms with Crippen LogP contribution >= 0.6 is 0 Å². The first-order chi connectivity index (χ1) is 9.58. The normalized spacial score (nSPS) is 23.6. The van der Waals surface area contributed by atoms with Crippen LogP contribution in [0.4, 0.5) is 5.95 Å². The molecule has 0 aromatic carbocycles. The van der Waals surface area contributed by atoms with Crippen LogP contribution in [0.1, 0.15) is 51.1 Å². The molecule has 3 rings (SSSR count). The molecule has 4 heteroatoms. The highest BCUT2D eigenvalue weighted by Gasteiger charge is 2.31. The molecule has 1 saturated carbocycles. The standard InChI is InChI=1S/C16H24N4/c1-10(2)12-6-4-5-7-14(12)20-15-13(19-16(20)17)8-11(3)9-18-15/h8-10,12,14H,4-7H2,1-3H3,(H2,17,19). The summed E-state index contributed by atoms with van der Waals surface area (Å²) in [5.74, 6) is 1.96. The van der Waals surface area contributed by atoms with Gasteiger partial charge in [0.05, 0.1) is 0 Å². The number of aromatic nitrogens is 3. The first kappa shape index (κ1) is 13.4. The lowest BCUT2D eigenvalue weighted by atomic mass is 9.77. The maximum Gasteiger partial charge on any atom is 0.202 e. The highest BCUT2D eigenvalue weighted by molar-refractivity contribution is 5.74. The molecule has 1 aliphatic carbocycles. The van der Waals surface area contributed by atoms with Crippen LogP contribution < -0.4 is 5.73 Å². The quantitative estimate of drug-likeness (QED) is 0.906. The fourth-order valence-corrected chi connectivity index (χ4v) is 3.67. The Morgan fingerprint density at radius 1 is 1.30 bits per heavy atom. The molecule has 108 valence electrons. The average molecular weight is 272 g/mol. The van der Waals surface area contributed by atoms with Crippen LogP contribution in [0.3, 0.4) is 0 Å². The molecule has 2 heterocycles. The minimum absolute atomic E-state index is 0.448. The van der Waals surface area contributed by atoms with Gasteiger partial charge in [-0.15, -0.1) is 0 Å². The van der Waals surface area contributed by atoms with Gasteiger partial charge in [0, 0.05) is 12.2 Å². The highest BCUT2D eigenvalue weighted by Crippen LogP contribution is 2.40. The zero-order valence-corrected chi connectivity index (χ0v) is 12.6. The first-order valence-corrected chi connectivity index (χ1v) is 7.68. The van der Waals surface area contributed by atoms with Crippen molar-refractivity contribution < 1.29 is 0 Å². The Labute approximate surface area is 120 Å². The van der Waals surface area contributed by atoms with Gasteiger partial charge in [-0.2, -0.15) is 0 Å². The van der Waals surface area contributed by atoms with Crippen molar-refractivity contribution >= 4 is 17.1 Å². The van der Waals surface area contributed by atoms with E-state index in [0.29, 0.717) is 23.8 Å². The average Bonchev–Trinajstić information content (AvgIpc) is 2.73. The van der Waals surface area contributed by atoms with E-state index in [-0.39, 0.29) is 0 Å². The van der Waals surface area contributed by atoms with E-state index in [9.17, 15) is 0 Å². The van der Waals surface area contributed by atoms with E-state index >= 15 is 0 Å². The topological polar surface area (TPSA) is 56.7 Å². The molecule has 0 bridgehead atoms. The van der Waals surface area contributed by atoms with Crippen LogP contribution in [-0.4, -0.2) is 14.5 Å². The van der Waals surface area contributed by atoms with Crippen molar-refractivity contribution in [3.05, 3.63) is 17.8 Å². The second-order valence-corrected chi connectivity index (χ2v) is 6.46. The SMILES string of the molecule is Cc1cnc2c(c1)nc(N)n2C1CCCCC1C(C)C. The van der Waals surface area contributed by atoms with E-state index in [2.05, 4.69) is 34.4 Å². The largest absolute Gasteiger partial charge is 0.369 e. The number of anilines is 1. The number of aryl methyl sites for hydroxylation is 1. The van der Waals surface area contributed by atoms with Crippen molar-refractivity contribution in [3.8, 4) is 0 Å². The highest BCUT2D eigenvalue weighted by atomic mass is 15.2. The summed E-state index contributed by atoms with van der Waals surface area (Å²) in [7, 11) is 0. The number of hydrogen-bond acceptors (Lipinski definition) is 3. The van der Waals surface area contributed by atoms with Gasteiger partial charge >= 0.3 is 0 Å². The molecule has 4 nitrogen and oxygen atoms in total. The minimum Gasteiger partial charge on any atom is -0.369 e. The molecule has 2 aromatic rings. The lowest BCUT2D eigenvalue weighted by molar-refractivity contribution is 0.189. The zero-order valence-electron chi connectivity index (χ0n) is 12.6. The summed E-state index contributed by atoms with van der Waals surface area (Å²) in [6.07, 6.45) is 6.99. The fourth-order valence-electron chi connectivity index (χ4n) is 3.67. The molecular formula is C16H24N4. The number of rotatable bonds is 2. The summed E-state index contributed by atoms with van der Waals surface area (Å²) in [6, 6.07) is 2.52. The summed E-state index contributed by atoms with van der Waals surface area (Å²) in [4.78, 5) is 9.11. The predicted octanol–water partition coefficient (Wildman–Crippen LogP) is 3.71. The third kappa shape index (κ3) is 2.17. The first-order valence-electron chi connectivity index (χ1n) is 7.68. The second kappa shape index (κ2) is 5.08. The fraction of sp³-hybridized carbons (Fsp3) is 0.625. The van der Waals surface area contributed by atoms with Crippen LogP contribution in [0, 0.1) is 18.8 Å². The van der Waals surface area contributed by atoms with E-state index in [4.69, 9.17) is 5.73 Å². The van der Waals surface area contributed by atoms with Crippen LogP contribution in [0.2, 0.25) is 0 Å². The van der Waals surface area contributed by atoms with E-state index in [1.807, 2.05) is 13.1 Å². The van der Waals surface area contributed by atoms with Crippen molar-refractivity contribution in [1.82, 2.24) is 14.5 Å². The number of fused-ring (bicyclic) bond motifs is 1. The molecule has 2 aromatic heterocycles. The minimum atomic E-state index is 0.448. The second-order valence-electron chi connectivity index (χ2n) is 6.46. The van der Waals surface area contributed by atoms with E-state index < -0.39 is 0 Å². The van der Waals surface area contributed by atoms with E-state index in [0.717, 1.165) is 16.7 Å². The Kier molecular flexibility index (Phi) is 3.40. The number of pyridine rings is 1. The van der Waals surface area contributed by atoms with Gasteiger partial charge in [0.1, 0.15) is 5.52 Å². The molecule has 0 aliphatic heterocycles. The summed E-state index contributed by atoms with van der Waals surface area (Å²) in [6.45, 7) is 6.67. The Balaban J connectivity index is 2.10. The molecule has 0 saturated heterocycles. The van der Waals surface area contributed by atoms with Gasteiger partial charge in [0.25, 0.3) is 0 Å². The van der Waals surface area contributed by atoms with Gasteiger partial charge in [-0.05, 0) is 43.2 Å². The Bertz CT molecular complexity index is 614. The number of hydrogen-bond donors (Lipinski definition) is 1. The van der Waals surface area contributed by atoms with Crippen molar-refractivity contribution in [2.24, 2.45) is 11.8 Å². The van der Waals surface area contributed by atoms with Crippen LogP contribution in [-0.2, 0) is 0 Å². The van der Waals surface area contributed by atoms with Crippen molar-refractivity contribution in [3.63, 3.8) is 0 Å². The molecule has 1 aliphatic rings. The maximum absolute atomic E-state index is 6.21. The summed E-state index contributed by atoms with van der Waals surface area (Å²) >= 11 is 0. The zero-order chi connectivity index (χ0) is 14.3. The maximum atomic E-state index is 6.21. The summed E-state index contributed by atoms with van der Waals surface area (Å²) in [5.41, 5.74) is 9.22. The van der Waals surface area contributed by atoms with Crippen LogP contribution in [0.5, 0.6) is 0 Å². The molecule has 0 radical (unpaired) electrons.